The van der Waals surface area contributed by atoms with Gasteiger partial charge in [0.1, 0.15) is 17.3 Å². The maximum absolute atomic E-state index is 14.8. The number of primary amides is 2. The van der Waals surface area contributed by atoms with Crippen molar-refractivity contribution in [2.24, 2.45) is 11.5 Å². The molecular weight excluding hydrogens is 442 g/mol. The molecule has 8 nitrogen and oxygen atoms in total. The maximum Gasteiger partial charge on any atom is 0.267 e. The Labute approximate surface area is 192 Å². The zero-order chi connectivity index (χ0) is 24.7. The van der Waals surface area contributed by atoms with Crippen LogP contribution in [0, 0.1) is 36.8 Å². The van der Waals surface area contributed by atoms with Crippen molar-refractivity contribution in [2.45, 2.75) is 20.4 Å². The number of fused-ring (bicyclic) bond motifs is 1. The second kappa shape index (κ2) is 8.37. The number of hydrogen-bond donors (Lipinski definition) is 2. The van der Waals surface area contributed by atoms with Gasteiger partial charge in [-0.15, -0.1) is 0 Å². The molecule has 0 aliphatic heterocycles. The van der Waals surface area contributed by atoms with E-state index in [9.17, 15) is 18.4 Å². The first kappa shape index (κ1) is 22.5. The van der Waals surface area contributed by atoms with E-state index in [1.165, 1.54) is 0 Å². The standard InChI is InChI=1S/C24H18F2N6O2/c1-11-18(12(2)32(31-11)10-14-5-3-13(9-27)4-6-14)20-21(23(28)33)19-16(26)7-15(25)8-17(19)30-22(20)24(29)34/h3-8H,10H2,1-2H3,(H2,28,33)(H2,29,34). The van der Waals surface area contributed by atoms with E-state index in [0.717, 1.165) is 11.6 Å². The molecule has 0 aliphatic rings. The van der Waals surface area contributed by atoms with Gasteiger partial charge in [-0.2, -0.15) is 10.4 Å². The smallest absolute Gasteiger partial charge is 0.267 e. The minimum atomic E-state index is -1.05. The van der Waals surface area contributed by atoms with Crippen molar-refractivity contribution in [2.75, 3.05) is 0 Å². The molecule has 0 atom stereocenters. The lowest BCUT2D eigenvalue weighted by atomic mass is 9.92. The number of halogens is 2. The van der Waals surface area contributed by atoms with Gasteiger partial charge in [0, 0.05) is 34.3 Å². The van der Waals surface area contributed by atoms with Crippen LogP contribution in [-0.2, 0) is 6.54 Å². The van der Waals surface area contributed by atoms with Gasteiger partial charge in [-0.3, -0.25) is 14.3 Å². The Hall–Kier alpha value is -4.65. The Morgan fingerprint density at radius 2 is 1.74 bits per heavy atom. The number of aryl methyl sites for hydroxylation is 1. The number of amides is 2. The summed E-state index contributed by atoms with van der Waals surface area (Å²) in [5.74, 6) is -4.01. The topological polar surface area (TPSA) is 141 Å². The number of carbonyl (C=O) groups excluding carboxylic acids is 2. The third kappa shape index (κ3) is 3.73. The van der Waals surface area contributed by atoms with Gasteiger partial charge in [0.25, 0.3) is 5.91 Å². The molecule has 170 valence electrons. The number of nitrogens with zero attached hydrogens (tertiary/aromatic N) is 4. The Bertz CT molecular complexity index is 1530. The molecule has 0 unspecified atom stereocenters. The highest BCUT2D eigenvalue weighted by Gasteiger charge is 2.29. The highest BCUT2D eigenvalue weighted by molar-refractivity contribution is 6.15. The number of nitriles is 1. The van der Waals surface area contributed by atoms with Crippen LogP contribution in [0.1, 0.15) is 43.4 Å². The first-order valence-corrected chi connectivity index (χ1v) is 10.1. The fourth-order valence-electron chi connectivity index (χ4n) is 4.05. The molecule has 2 aromatic heterocycles. The number of aromatic nitrogens is 3. The van der Waals surface area contributed by atoms with Crippen LogP contribution in [0.25, 0.3) is 22.0 Å². The van der Waals surface area contributed by atoms with Gasteiger partial charge in [0.2, 0.25) is 5.91 Å². The third-order valence-electron chi connectivity index (χ3n) is 5.53. The summed E-state index contributed by atoms with van der Waals surface area (Å²) < 4.78 is 30.3. The first-order chi connectivity index (χ1) is 16.1. The average molecular weight is 460 g/mol. The van der Waals surface area contributed by atoms with Gasteiger partial charge < -0.3 is 11.5 Å². The predicted octanol–water partition coefficient (Wildman–Crippen LogP) is 3.11. The maximum atomic E-state index is 14.8. The molecule has 10 heteroatoms. The van der Waals surface area contributed by atoms with Crippen LogP contribution in [0.4, 0.5) is 8.78 Å². The van der Waals surface area contributed by atoms with E-state index in [0.29, 0.717) is 35.1 Å². The molecule has 0 saturated heterocycles. The van der Waals surface area contributed by atoms with Crippen molar-refractivity contribution in [3.8, 4) is 17.2 Å². The predicted molar refractivity (Wildman–Crippen MR) is 120 cm³/mol. The van der Waals surface area contributed by atoms with Crippen LogP contribution in [0.5, 0.6) is 0 Å². The molecule has 0 saturated carbocycles. The lowest BCUT2D eigenvalue weighted by molar-refractivity contribution is 0.0996. The van der Waals surface area contributed by atoms with Crippen LogP contribution < -0.4 is 11.5 Å². The molecule has 2 aromatic carbocycles. The zero-order valence-corrected chi connectivity index (χ0v) is 18.2. The highest BCUT2D eigenvalue weighted by Crippen LogP contribution is 2.37. The molecular formula is C24H18F2N6O2. The second-order valence-electron chi connectivity index (χ2n) is 7.73. The fraction of sp³-hybridized carbons (Fsp3) is 0.125. The minimum Gasteiger partial charge on any atom is -0.366 e. The summed E-state index contributed by atoms with van der Waals surface area (Å²) in [6.07, 6.45) is 0. The van der Waals surface area contributed by atoms with Crippen molar-refractivity contribution in [1.29, 1.82) is 5.26 Å². The Balaban J connectivity index is 2.00. The summed E-state index contributed by atoms with van der Waals surface area (Å²) in [5, 5.41) is 13.2. The van der Waals surface area contributed by atoms with E-state index in [2.05, 4.69) is 10.1 Å². The van der Waals surface area contributed by atoms with E-state index in [-0.39, 0.29) is 27.7 Å². The molecule has 0 radical (unpaired) electrons. The van der Waals surface area contributed by atoms with Crippen molar-refractivity contribution in [3.63, 3.8) is 0 Å². The highest BCUT2D eigenvalue weighted by atomic mass is 19.1. The Morgan fingerprint density at radius 1 is 1.06 bits per heavy atom. The molecule has 4 rings (SSSR count). The summed E-state index contributed by atoms with van der Waals surface area (Å²) in [6, 6.07) is 10.5. The van der Waals surface area contributed by atoms with Gasteiger partial charge in [-0.25, -0.2) is 13.8 Å². The lowest BCUT2D eigenvalue weighted by Gasteiger charge is -2.15. The molecule has 2 heterocycles. The quantitative estimate of drug-likeness (QED) is 0.471. The number of carbonyl (C=O) groups is 2. The molecule has 4 aromatic rings. The van der Waals surface area contributed by atoms with E-state index >= 15 is 0 Å². The fourth-order valence-corrected chi connectivity index (χ4v) is 4.05. The minimum absolute atomic E-state index is 0.0564. The molecule has 2 amide bonds. The number of benzene rings is 2. The van der Waals surface area contributed by atoms with Crippen molar-refractivity contribution >= 4 is 22.7 Å². The van der Waals surface area contributed by atoms with Crippen LogP contribution in [0.2, 0.25) is 0 Å². The molecule has 34 heavy (non-hydrogen) atoms. The van der Waals surface area contributed by atoms with Crippen LogP contribution in [0.15, 0.2) is 36.4 Å². The lowest BCUT2D eigenvalue weighted by Crippen LogP contribution is -2.21. The van der Waals surface area contributed by atoms with Gasteiger partial charge in [-0.05, 0) is 31.5 Å². The molecule has 4 N–H and O–H groups in total. The van der Waals surface area contributed by atoms with Crippen LogP contribution >= 0.6 is 0 Å². The van der Waals surface area contributed by atoms with Crippen molar-refractivity contribution < 1.29 is 18.4 Å². The number of pyridine rings is 1. The molecule has 0 aliphatic carbocycles. The normalized spacial score (nSPS) is 10.9. The first-order valence-electron chi connectivity index (χ1n) is 10.1. The van der Waals surface area contributed by atoms with Gasteiger partial charge in [-0.1, -0.05) is 12.1 Å². The third-order valence-corrected chi connectivity index (χ3v) is 5.53. The number of rotatable bonds is 5. The number of nitrogens with two attached hydrogens (primary N) is 2. The molecule has 0 bridgehead atoms. The molecule has 0 spiro atoms. The summed E-state index contributed by atoms with van der Waals surface area (Å²) in [4.78, 5) is 28.9. The van der Waals surface area contributed by atoms with Crippen molar-refractivity contribution in [1.82, 2.24) is 14.8 Å². The Kier molecular flexibility index (Phi) is 5.55. The largest absolute Gasteiger partial charge is 0.366 e. The van der Waals surface area contributed by atoms with E-state index in [4.69, 9.17) is 16.7 Å². The summed E-state index contributed by atoms with van der Waals surface area (Å²) >= 11 is 0. The summed E-state index contributed by atoms with van der Waals surface area (Å²) in [7, 11) is 0. The van der Waals surface area contributed by atoms with Gasteiger partial charge in [0.05, 0.1) is 35.0 Å². The zero-order valence-electron chi connectivity index (χ0n) is 18.2. The SMILES string of the molecule is Cc1nn(Cc2ccc(C#N)cc2)c(C)c1-c1c(C(N)=O)nc2cc(F)cc(F)c2c1C(N)=O. The van der Waals surface area contributed by atoms with E-state index in [1.54, 1.807) is 42.8 Å². The molecule has 0 fully saturated rings. The van der Waals surface area contributed by atoms with Crippen LogP contribution in [0.3, 0.4) is 0 Å². The average Bonchev–Trinajstić information content (AvgIpc) is 3.05. The van der Waals surface area contributed by atoms with E-state index < -0.39 is 23.4 Å². The summed E-state index contributed by atoms with van der Waals surface area (Å²) in [5.41, 5.74) is 12.8. The van der Waals surface area contributed by atoms with Gasteiger partial charge in [0.15, 0.2) is 0 Å². The summed E-state index contributed by atoms with van der Waals surface area (Å²) in [6.45, 7) is 3.68. The number of hydrogen-bond acceptors (Lipinski definition) is 5. The Morgan fingerprint density at radius 3 is 2.32 bits per heavy atom. The monoisotopic (exact) mass is 460 g/mol. The van der Waals surface area contributed by atoms with Gasteiger partial charge >= 0.3 is 0 Å². The van der Waals surface area contributed by atoms with Crippen LogP contribution in [-0.4, -0.2) is 26.6 Å². The van der Waals surface area contributed by atoms with E-state index in [1.807, 2.05) is 6.07 Å². The second-order valence-corrected chi connectivity index (χ2v) is 7.73. The van der Waals surface area contributed by atoms with Crippen molar-refractivity contribution in [3.05, 3.63) is 81.8 Å².